The molecule has 0 spiro atoms. The first-order valence-electron chi connectivity index (χ1n) is 8.12. The van der Waals surface area contributed by atoms with E-state index in [4.69, 9.17) is 16.3 Å². The molecule has 0 unspecified atom stereocenters. The Balaban J connectivity index is 1.66. The summed E-state index contributed by atoms with van der Waals surface area (Å²) in [4.78, 5) is 24.4. The Morgan fingerprint density at radius 3 is 2.33 bits per heavy atom. The van der Waals surface area contributed by atoms with Gasteiger partial charge in [0.1, 0.15) is 0 Å². The predicted molar refractivity (Wildman–Crippen MR) is 93.4 cm³/mol. The molecular formula is C19H15ClF3NO3. The molecule has 142 valence electrons. The second-order valence-corrected chi connectivity index (χ2v) is 6.64. The molecule has 3 rings (SSSR count). The van der Waals surface area contributed by atoms with Crippen LogP contribution in [0.5, 0.6) is 0 Å². The molecule has 2 aromatic rings. The fraction of sp³-hybridized carbons (Fsp3) is 0.263. The number of nitrogens with one attached hydrogen (secondary N) is 1. The summed E-state index contributed by atoms with van der Waals surface area (Å²) in [6, 6.07) is 12.2. The monoisotopic (exact) mass is 397 g/mol. The van der Waals surface area contributed by atoms with Crippen LogP contribution in [-0.4, -0.2) is 18.5 Å². The van der Waals surface area contributed by atoms with Gasteiger partial charge in [0, 0.05) is 0 Å². The predicted octanol–water partition coefficient (Wildman–Crippen LogP) is 4.57. The number of carbonyl (C=O) groups excluding carboxylic acids is 2. The van der Waals surface area contributed by atoms with Crippen molar-refractivity contribution in [1.29, 1.82) is 0 Å². The molecule has 0 aromatic heterocycles. The van der Waals surface area contributed by atoms with Crippen LogP contribution in [0, 0.1) is 0 Å². The van der Waals surface area contributed by atoms with Crippen LogP contribution in [0.15, 0.2) is 48.5 Å². The van der Waals surface area contributed by atoms with Crippen molar-refractivity contribution >= 4 is 29.2 Å². The van der Waals surface area contributed by atoms with Gasteiger partial charge in [-0.05, 0) is 30.5 Å². The maximum absolute atomic E-state index is 13.0. The first-order chi connectivity index (χ1) is 12.7. The zero-order valence-corrected chi connectivity index (χ0v) is 14.7. The number of ether oxygens (including phenoxy) is 1. The summed E-state index contributed by atoms with van der Waals surface area (Å²) >= 11 is 5.78. The summed E-state index contributed by atoms with van der Waals surface area (Å²) in [5.41, 5.74) is -1.61. The van der Waals surface area contributed by atoms with E-state index in [1.54, 1.807) is 24.3 Å². The molecule has 1 N–H and O–H groups in total. The molecule has 27 heavy (non-hydrogen) atoms. The molecule has 0 saturated heterocycles. The van der Waals surface area contributed by atoms with Gasteiger partial charge in [0.05, 0.1) is 21.7 Å². The van der Waals surface area contributed by atoms with Gasteiger partial charge in [-0.2, -0.15) is 13.2 Å². The minimum atomic E-state index is -4.68. The normalized spacial score (nSPS) is 15.1. The average Bonchev–Trinajstić information content (AvgIpc) is 3.43. The van der Waals surface area contributed by atoms with E-state index in [-0.39, 0.29) is 5.02 Å². The number of anilines is 1. The van der Waals surface area contributed by atoms with Crippen LogP contribution < -0.4 is 5.32 Å². The number of esters is 1. The van der Waals surface area contributed by atoms with Crippen molar-refractivity contribution in [3.63, 3.8) is 0 Å². The molecule has 4 nitrogen and oxygen atoms in total. The number of carbonyl (C=O) groups is 2. The van der Waals surface area contributed by atoms with Gasteiger partial charge in [-0.1, -0.05) is 48.0 Å². The van der Waals surface area contributed by atoms with Crippen LogP contribution in [-0.2, 0) is 25.9 Å². The molecule has 0 aliphatic heterocycles. The highest BCUT2D eigenvalue weighted by molar-refractivity contribution is 6.34. The fourth-order valence-electron chi connectivity index (χ4n) is 2.82. The van der Waals surface area contributed by atoms with E-state index in [0.717, 1.165) is 17.7 Å². The summed E-state index contributed by atoms with van der Waals surface area (Å²) in [6.45, 7) is -0.698. The number of hydrogen-bond acceptors (Lipinski definition) is 3. The molecule has 8 heteroatoms. The van der Waals surface area contributed by atoms with E-state index < -0.39 is 41.3 Å². The lowest BCUT2D eigenvalue weighted by Crippen LogP contribution is -2.28. The van der Waals surface area contributed by atoms with Crippen molar-refractivity contribution in [3.05, 3.63) is 64.7 Å². The Bertz CT molecular complexity index is 864. The lowest BCUT2D eigenvalue weighted by atomic mass is 9.96. The molecule has 1 fully saturated rings. The maximum atomic E-state index is 13.0. The zero-order chi connectivity index (χ0) is 19.7. The van der Waals surface area contributed by atoms with Gasteiger partial charge >= 0.3 is 12.1 Å². The highest BCUT2D eigenvalue weighted by Crippen LogP contribution is 2.49. The second-order valence-electron chi connectivity index (χ2n) is 6.23. The summed E-state index contributed by atoms with van der Waals surface area (Å²) in [5, 5.41) is 1.83. The zero-order valence-electron chi connectivity index (χ0n) is 14.0. The van der Waals surface area contributed by atoms with Gasteiger partial charge in [-0.25, -0.2) is 0 Å². The Labute approximate surface area is 158 Å². The van der Waals surface area contributed by atoms with Crippen molar-refractivity contribution in [1.82, 2.24) is 0 Å². The van der Waals surface area contributed by atoms with Gasteiger partial charge < -0.3 is 10.1 Å². The Hall–Kier alpha value is -2.54. The summed E-state index contributed by atoms with van der Waals surface area (Å²) in [6.07, 6.45) is -3.49. The molecule has 1 aliphatic rings. The third-order valence-electron chi connectivity index (χ3n) is 4.38. The average molecular weight is 398 g/mol. The largest absolute Gasteiger partial charge is 0.455 e. The molecule has 0 bridgehead atoms. The number of benzene rings is 2. The van der Waals surface area contributed by atoms with E-state index in [2.05, 4.69) is 5.32 Å². The van der Waals surface area contributed by atoms with E-state index in [9.17, 15) is 22.8 Å². The summed E-state index contributed by atoms with van der Waals surface area (Å²) in [7, 11) is 0. The minimum absolute atomic E-state index is 0.257. The van der Waals surface area contributed by atoms with E-state index >= 15 is 0 Å². The molecule has 1 amide bonds. The first-order valence-corrected chi connectivity index (χ1v) is 8.50. The topological polar surface area (TPSA) is 55.4 Å². The second kappa shape index (κ2) is 7.23. The molecule has 1 aliphatic carbocycles. The number of halogens is 4. The highest BCUT2D eigenvalue weighted by Gasteiger charge is 2.52. The Kier molecular flexibility index (Phi) is 5.15. The molecule has 0 radical (unpaired) electrons. The SMILES string of the molecule is O=C(COC(=O)C1(c2ccccc2)CC1)Nc1c(Cl)cccc1C(F)(F)F. The highest BCUT2D eigenvalue weighted by atomic mass is 35.5. The maximum Gasteiger partial charge on any atom is 0.418 e. The van der Waals surface area contributed by atoms with E-state index in [1.807, 2.05) is 6.07 Å². The third-order valence-corrected chi connectivity index (χ3v) is 4.70. The van der Waals surface area contributed by atoms with Crippen molar-refractivity contribution in [2.45, 2.75) is 24.4 Å². The number of alkyl halides is 3. The van der Waals surface area contributed by atoms with Gasteiger partial charge in [0.2, 0.25) is 0 Å². The number of para-hydroxylation sites is 1. The number of hydrogen-bond donors (Lipinski definition) is 1. The van der Waals surface area contributed by atoms with Crippen LogP contribution in [0.1, 0.15) is 24.0 Å². The fourth-order valence-corrected chi connectivity index (χ4v) is 3.05. The lowest BCUT2D eigenvalue weighted by molar-refractivity contribution is -0.150. The minimum Gasteiger partial charge on any atom is -0.455 e. The van der Waals surface area contributed by atoms with Crippen LogP contribution >= 0.6 is 11.6 Å². The van der Waals surface area contributed by atoms with Crippen molar-refractivity contribution < 1.29 is 27.5 Å². The van der Waals surface area contributed by atoms with Crippen LogP contribution in [0.4, 0.5) is 18.9 Å². The number of amides is 1. The molecule has 0 atom stereocenters. The summed E-state index contributed by atoms with van der Waals surface area (Å²) in [5.74, 6) is -1.47. The third kappa shape index (κ3) is 4.08. The van der Waals surface area contributed by atoms with Crippen molar-refractivity contribution in [3.8, 4) is 0 Å². The van der Waals surface area contributed by atoms with Crippen LogP contribution in [0.2, 0.25) is 5.02 Å². The van der Waals surface area contributed by atoms with Crippen LogP contribution in [0.25, 0.3) is 0 Å². The van der Waals surface area contributed by atoms with Crippen molar-refractivity contribution in [2.24, 2.45) is 0 Å². The Morgan fingerprint density at radius 2 is 1.74 bits per heavy atom. The first kappa shape index (κ1) is 19.2. The summed E-state index contributed by atoms with van der Waals surface area (Å²) < 4.78 is 44.2. The van der Waals surface area contributed by atoms with E-state index in [0.29, 0.717) is 12.8 Å². The molecule has 1 saturated carbocycles. The molecule has 0 heterocycles. The standard InChI is InChI=1S/C19H15ClF3NO3/c20-14-8-4-7-13(19(21,22)23)16(14)24-15(25)11-27-17(26)18(9-10-18)12-5-2-1-3-6-12/h1-8H,9-11H2,(H,24,25). The van der Waals surface area contributed by atoms with Gasteiger partial charge in [-0.15, -0.1) is 0 Å². The van der Waals surface area contributed by atoms with Crippen LogP contribution in [0.3, 0.4) is 0 Å². The molecular weight excluding hydrogens is 383 g/mol. The van der Waals surface area contributed by atoms with E-state index in [1.165, 1.54) is 6.07 Å². The van der Waals surface area contributed by atoms with Crippen molar-refractivity contribution in [2.75, 3.05) is 11.9 Å². The quantitative estimate of drug-likeness (QED) is 0.752. The Morgan fingerprint density at radius 1 is 1.07 bits per heavy atom. The number of rotatable bonds is 5. The van der Waals surface area contributed by atoms with Gasteiger partial charge in [0.25, 0.3) is 5.91 Å². The van der Waals surface area contributed by atoms with Gasteiger partial charge in [0.15, 0.2) is 6.61 Å². The smallest absolute Gasteiger partial charge is 0.418 e. The molecule has 2 aromatic carbocycles. The van der Waals surface area contributed by atoms with Gasteiger partial charge in [-0.3, -0.25) is 9.59 Å². The lowest BCUT2D eigenvalue weighted by Gasteiger charge is -2.17.